The first-order chi connectivity index (χ1) is 9.81. The number of nitrogens with zero attached hydrogens (tertiary/aromatic N) is 1. The first kappa shape index (κ1) is 15.6. The molecule has 1 heterocycles. The van der Waals surface area contributed by atoms with E-state index in [9.17, 15) is 0 Å². The molecule has 0 aliphatic carbocycles. The molecule has 5 heteroatoms. The van der Waals surface area contributed by atoms with Crippen molar-refractivity contribution in [2.45, 2.75) is 13.0 Å². The van der Waals surface area contributed by atoms with E-state index in [4.69, 9.17) is 21.1 Å². The third-order valence-electron chi connectivity index (χ3n) is 3.41. The van der Waals surface area contributed by atoms with Crippen LogP contribution in [0, 0.1) is 0 Å². The summed E-state index contributed by atoms with van der Waals surface area (Å²) in [6.45, 7) is 5.97. The molecule has 0 spiro atoms. The molecule has 0 radical (unpaired) electrons. The highest BCUT2D eigenvalue weighted by Gasteiger charge is 2.14. The Hall–Kier alpha value is -0.810. The average Bonchev–Trinajstić information content (AvgIpc) is 2.74. The lowest BCUT2D eigenvalue weighted by molar-refractivity contribution is 0.152. The minimum Gasteiger partial charge on any atom is -0.383 e. The number of ether oxygens (including phenoxy) is 2. The summed E-state index contributed by atoms with van der Waals surface area (Å²) in [7, 11) is 1.71. The molecule has 1 aliphatic rings. The lowest BCUT2D eigenvalue weighted by Gasteiger charge is -2.25. The van der Waals surface area contributed by atoms with E-state index in [0.717, 1.165) is 57.4 Å². The smallest absolute Gasteiger partial charge is 0.0641 e. The maximum absolute atomic E-state index is 6.16. The quantitative estimate of drug-likeness (QED) is 0.817. The lowest BCUT2D eigenvalue weighted by Crippen LogP contribution is -2.28. The summed E-state index contributed by atoms with van der Waals surface area (Å²) in [4.78, 5) is 2.37. The van der Waals surface area contributed by atoms with E-state index in [2.05, 4.69) is 22.3 Å². The van der Waals surface area contributed by atoms with Crippen molar-refractivity contribution in [3.05, 3.63) is 28.8 Å². The summed E-state index contributed by atoms with van der Waals surface area (Å²) in [5, 5.41) is 4.17. The van der Waals surface area contributed by atoms with Gasteiger partial charge in [-0.05, 0) is 24.1 Å². The van der Waals surface area contributed by atoms with Crippen LogP contribution in [0.25, 0.3) is 0 Å². The predicted molar refractivity (Wildman–Crippen MR) is 82.7 cm³/mol. The normalized spacial score (nSPS) is 16.2. The average molecular weight is 299 g/mol. The zero-order valence-electron chi connectivity index (χ0n) is 12.0. The Morgan fingerprint density at radius 1 is 1.35 bits per heavy atom. The maximum Gasteiger partial charge on any atom is 0.0641 e. The van der Waals surface area contributed by atoms with Crippen LogP contribution < -0.4 is 10.2 Å². The number of hydrogen-bond acceptors (Lipinski definition) is 4. The molecule has 0 amide bonds. The molecule has 0 saturated carbocycles. The molecule has 112 valence electrons. The van der Waals surface area contributed by atoms with Crippen molar-refractivity contribution in [3.63, 3.8) is 0 Å². The fourth-order valence-corrected chi connectivity index (χ4v) is 2.53. The van der Waals surface area contributed by atoms with Crippen molar-refractivity contribution in [3.8, 4) is 0 Å². The van der Waals surface area contributed by atoms with Crippen molar-refractivity contribution < 1.29 is 9.47 Å². The highest BCUT2D eigenvalue weighted by molar-refractivity contribution is 6.30. The molecule has 1 aliphatic heterocycles. The maximum atomic E-state index is 6.16. The van der Waals surface area contributed by atoms with Crippen LogP contribution in [0.2, 0.25) is 5.02 Å². The van der Waals surface area contributed by atoms with E-state index in [1.165, 1.54) is 11.3 Å². The molecule has 0 bridgehead atoms. The summed E-state index contributed by atoms with van der Waals surface area (Å²) < 4.78 is 10.6. The Labute approximate surface area is 126 Å². The number of anilines is 1. The van der Waals surface area contributed by atoms with Gasteiger partial charge in [0.1, 0.15) is 0 Å². The number of halogens is 1. The molecule has 0 aromatic heterocycles. The minimum atomic E-state index is 0.723. The van der Waals surface area contributed by atoms with Crippen LogP contribution in [0.3, 0.4) is 0 Å². The minimum absolute atomic E-state index is 0.723. The van der Waals surface area contributed by atoms with E-state index in [1.807, 2.05) is 6.07 Å². The van der Waals surface area contributed by atoms with Crippen LogP contribution in [0.5, 0.6) is 0 Å². The number of methoxy groups -OCH3 is 1. The van der Waals surface area contributed by atoms with Crippen LogP contribution in [-0.4, -0.2) is 46.6 Å². The van der Waals surface area contributed by atoms with Gasteiger partial charge in [-0.25, -0.2) is 0 Å². The zero-order chi connectivity index (χ0) is 14.2. The van der Waals surface area contributed by atoms with Gasteiger partial charge < -0.3 is 19.7 Å². The summed E-state index contributed by atoms with van der Waals surface area (Å²) in [5.41, 5.74) is 2.49. The third kappa shape index (κ3) is 4.63. The fraction of sp³-hybridized carbons (Fsp3) is 0.600. The molecule has 0 atom stereocenters. The Balaban J connectivity index is 2.06. The van der Waals surface area contributed by atoms with Crippen LogP contribution >= 0.6 is 11.6 Å². The fourth-order valence-electron chi connectivity index (χ4n) is 2.37. The van der Waals surface area contributed by atoms with Crippen molar-refractivity contribution in [2.24, 2.45) is 0 Å². The van der Waals surface area contributed by atoms with Gasteiger partial charge in [0.05, 0.1) is 13.2 Å². The van der Waals surface area contributed by atoms with Gasteiger partial charge in [-0.15, -0.1) is 0 Å². The van der Waals surface area contributed by atoms with Gasteiger partial charge in [0, 0.05) is 50.6 Å². The highest BCUT2D eigenvalue weighted by atomic mass is 35.5. The van der Waals surface area contributed by atoms with E-state index in [0.29, 0.717) is 0 Å². The zero-order valence-corrected chi connectivity index (χ0v) is 12.8. The predicted octanol–water partition coefficient (Wildman–Crippen LogP) is 2.30. The van der Waals surface area contributed by atoms with Crippen LogP contribution in [0.15, 0.2) is 18.2 Å². The molecule has 20 heavy (non-hydrogen) atoms. The molecular weight excluding hydrogens is 276 g/mol. The van der Waals surface area contributed by atoms with Crippen molar-refractivity contribution in [1.29, 1.82) is 0 Å². The second kappa shape index (κ2) is 8.47. The largest absolute Gasteiger partial charge is 0.383 e. The van der Waals surface area contributed by atoms with Crippen LogP contribution in [-0.2, 0) is 16.0 Å². The van der Waals surface area contributed by atoms with E-state index in [-0.39, 0.29) is 0 Å². The molecule has 1 aromatic rings. The Kier molecular flexibility index (Phi) is 6.60. The lowest BCUT2D eigenvalue weighted by atomic mass is 10.1. The molecule has 1 saturated heterocycles. The summed E-state index contributed by atoms with van der Waals surface area (Å²) in [5.74, 6) is 0. The standard InChI is InChI=1S/C15H23ClN2O2/c1-19-9-5-17-12-13-3-4-14(16)11-15(13)18-6-2-8-20-10-7-18/h3-4,11,17H,2,5-10,12H2,1H3. The summed E-state index contributed by atoms with van der Waals surface area (Å²) in [6, 6.07) is 6.11. The third-order valence-corrected chi connectivity index (χ3v) is 3.64. The highest BCUT2D eigenvalue weighted by Crippen LogP contribution is 2.25. The van der Waals surface area contributed by atoms with E-state index in [1.54, 1.807) is 7.11 Å². The first-order valence-corrected chi connectivity index (χ1v) is 7.50. The van der Waals surface area contributed by atoms with Crippen molar-refractivity contribution >= 4 is 17.3 Å². The summed E-state index contributed by atoms with van der Waals surface area (Å²) >= 11 is 6.16. The Bertz CT molecular complexity index is 407. The van der Waals surface area contributed by atoms with Gasteiger partial charge in [0.2, 0.25) is 0 Å². The molecule has 1 fully saturated rings. The SMILES string of the molecule is COCCNCc1ccc(Cl)cc1N1CCCOCC1. The first-order valence-electron chi connectivity index (χ1n) is 7.12. The monoisotopic (exact) mass is 298 g/mol. The van der Waals surface area contributed by atoms with E-state index < -0.39 is 0 Å². The molecule has 1 aromatic carbocycles. The molecule has 4 nitrogen and oxygen atoms in total. The second-order valence-electron chi connectivity index (χ2n) is 4.90. The number of rotatable bonds is 6. The summed E-state index contributed by atoms with van der Waals surface area (Å²) in [6.07, 6.45) is 1.06. The van der Waals surface area contributed by atoms with Gasteiger partial charge in [-0.3, -0.25) is 0 Å². The van der Waals surface area contributed by atoms with Gasteiger partial charge in [0.25, 0.3) is 0 Å². The number of hydrogen-bond donors (Lipinski definition) is 1. The van der Waals surface area contributed by atoms with Crippen LogP contribution in [0.4, 0.5) is 5.69 Å². The van der Waals surface area contributed by atoms with Gasteiger partial charge in [-0.2, -0.15) is 0 Å². The number of benzene rings is 1. The van der Waals surface area contributed by atoms with E-state index >= 15 is 0 Å². The topological polar surface area (TPSA) is 33.7 Å². The number of nitrogens with one attached hydrogen (secondary N) is 1. The molecule has 0 unspecified atom stereocenters. The molecular formula is C15H23ClN2O2. The van der Waals surface area contributed by atoms with Crippen molar-refractivity contribution in [2.75, 3.05) is 51.5 Å². The van der Waals surface area contributed by atoms with Crippen molar-refractivity contribution in [1.82, 2.24) is 5.32 Å². The Morgan fingerprint density at radius 2 is 2.25 bits per heavy atom. The second-order valence-corrected chi connectivity index (χ2v) is 5.33. The van der Waals surface area contributed by atoms with Crippen LogP contribution in [0.1, 0.15) is 12.0 Å². The van der Waals surface area contributed by atoms with Gasteiger partial charge in [-0.1, -0.05) is 17.7 Å². The molecule has 1 N–H and O–H groups in total. The van der Waals surface area contributed by atoms with Gasteiger partial charge >= 0.3 is 0 Å². The Morgan fingerprint density at radius 3 is 3.10 bits per heavy atom. The molecule has 2 rings (SSSR count). The van der Waals surface area contributed by atoms with Gasteiger partial charge in [0.15, 0.2) is 0 Å².